The Bertz CT molecular complexity index is 467. The Hall–Kier alpha value is -1.59. The van der Waals surface area contributed by atoms with Crippen molar-refractivity contribution in [2.75, 3.05) is 19.6 Å². The average Bonchev–Trinajstić information content (AvgIpc) is 2.59. The lowest BCUT2D eigenvalue weighted by Gasteiger charge is -2.39. The molecule has 1 amide bonds. The fourth-order valence-electron chi connectivity index (χ4n) is 3.36. The van der Waals surface area contributed by atoms with Gasteiger partial charge in [0.25, 0.3) is 0 Å². The second-order valence-corrected chi connectivity index (χ2v) is 6.08. The van der Waals surface area contributed by atoms with E-state index in [1.165, 1.54) is 6.42 Å². The molecule has 5 nitrogen and oxygen atoms in total. The van der Waals surface area contributed by atoms with Gasteiger partial charge in [-0.25, -0.2) is 4.79 Å². The van der Waals surface area contributed by atoms with E-state index in [2.05, 4.69) is 17.1 Å². The third kappa shape index (κ3) is 5.52. The van der Waals surface area contributed by atoms with Crippen LogP contribution in [0.15, 0.2) is 30.3 Å². The van der Waals surface area contributed by atoms with Crippen LogP contribution in [-0.2, 0) is 11.3 Å². The van der Waals surface area contributed by atoms with E-state index in [4.69, 9.17) is 10.5 Å². The average molecular weight is 319 g/mol. The number of amides is 1. The molecule has 1 fully saturated rings. The number of likely N-dealkylation sites (N-methyl/N-ethyl adjacent to an activating group) is 1. The van der Waals surface area contributed by atoms with Gasteiger partial charge in [-0.3, -0.25) is 4.90 Å². The van der Waals surface area contributed by atoms with Crippen molar-refractivity contribution in [3.63, 3.8) is 0 Å². The van der Waals surface area contributed by atoms with Crippen molar-refractivity contribution in [2.24, 2.45) is 5.73 Å². The number of hydrogen-bond donors (Lipinski definition) is 2. The van der Waals surface area contributed by atoms with Crippen molar-refractivity contribution in [3.05, 3.63) is 35.9 Å². The van der Waals surface area contributed by atoms with E-state index in [0.29, 0.717) is 19.2 Å². The number of nitrogens with zero attached hydrogens (tertiary/aromatic N) is 1. The van der Waals surface area contributed by atoms with Gasteiger partial charge in [-0.1, -0.05) is 50.1 Å². The Balaban J connectivity index is 1.86. The summed E-state index contributed by atoms with van der Waals surface area (Å²) in [5.41, 5.74) is 6.72. The molecule has 23 heavy (non-hydrogen) atoms. The molecule has 2 rings (SSSR count). The van der Waals surface area contributed by atoms with Crippen LogP contribution < -0.4 is 11.1 Å². The number of rotatable bonds is 7. The fraction of sp³-hybridized carbons (Fsp3) is 0.611. The molecule has 3 N–H and O–H groups in total. The van der Waals surface area contributed by atoms with Crippen molar-refractivity contribution in [3.8, 4) is 0 Å². The first-order valence-corrected chi connectivity index (χ1v) is 8.66. The van der Waals surface area contributed by atoms with Crippen LogP contribution >= 0.6 is 0 Å². The summed E-state index contributed by atoms with van der Waals surface area (Å²) in [7, 11) is 0. The Morgan fingerprint density at radius 2 is 2.04 bits per heavy atom. The largest absolute Gasteiger partial charge is 0.445 e. The number of ether oxygens (including phenoxy) is 1. The highest BCUT2D eigenvalue weighted by Gasteiger charge is 2.30. The number of hydrogen-bond acceptors (Lipinski definition) is 4. The molecule has 0 aromatic heterocycles. The van der Waals surface area contributed by atoms with Gasteiger partial charge in [-0.05, 0) is 24.9 Å². The second kappa shape index (κ2) is 9.53. The van der Waals surface area contributed by atoms with Gasteiger partial charge in [0.05, 0.1) is 0 Å². The molecule has 0 spiro atoms. The summed E-state index contributed by atoms with van der Waals surface area (Å²) in [5, 5.41) is 3.07. The maximum absolute atomic E-state index is 12.1. The smallest absolute Gasteiger partial charge is 0.407 e. The van der Waals surface area contributed by atoms with E-state index in [0.717, 1.165) is 37.9 Å². The molecule has 1 saturated carbocycles. The maximum Gasteiger partial charge on any atom is 0.407 e. The van der Waals surface area contributed by atoms with E-state index in [1.54, 1.807) is 0 Å². The van der Waals surface area contributed by atoms with Gasteiger partial charge < -0.3 is 15.8 Å². The van der Waals surface area contributed by atoms with Crippen LogP contribution in [0.2, 0.25) is 0 Å². The molecule has 5 heteroatoms. The molecule has 0 radical (unpaired) electrons. The zero-order valence-electron chi connectivity index (χ0n) is 14.0. The van der Waals surface area contributed by atoms with Crippen LogP contribution in [0.3, 0.4) is 0 Å². The Labute approximate surface area is 139 Å². The van der Waals surface area contributed by atoms with E-state index >= 15 is 0 Å². The molecule has 1 aromatic rings. The van der Waals surface area contributed by atoms with Crippen molar-refractivity contribution in [1.82, 2.24) is 10.2 Å². The SMILES string of the molecule is CCN(CCN)C1CCCCC1NC(=O)OCc1ccccc1. The lowest BCUT2D eigenvalue weighted by Crippen LogP contribution is -2.54. The second-order valence-electron chi connectivity index (χ2n) is 6.08. The fourth-order valence-corrected chi connectivity index (χ4v) is 3.36. The third-order valence-corrected chi connectivity index (χ3v) is 4.54. The molecular weight excluding hydrogens is 290 g/mol. The molecule has 1 aliphatic rings. The standard InChI is InChI=1S/C18H29N3O2/c1-2-21(13-12-19)17-11-7-6-10-16(17)20-18(22)23-14-15-8-4-3-5-9-15/h3-5,8-9,16-17H,2,6-7,10-14,19H2,1H3,(H,20,22). The van der Waals surface area contributed by atoms with Gasteiger partial charge in [0, 0.05) is 25.2 Å². The Kier molecular flexibility index (Phi) is 7.36. The highest BCUT2D eigenvalue weighted by molar-refractivity contribution is 5.67. The molecule has 2 atom stereocenters. The number of carbonyl (C=O) groups excluding carboxylic acids is 1. The van der Waals surface area contributed by atoms with E-state index in [1.807, 2.05) is 30.3 Å². The maximum atomic E-state index is 12.1. The Morgan fingerprint density at radius 3 is 2.74 bits per heavy atom. The number of nitrogens with two attached hydrogens (primary N) is 1. The molecular formula is C18H29N3O2. The number of nitrogens with one attached hydrogen (secondary N) is 1. The monoisotopic (exact) mass is 319 g/mol. The summed E-state index contributed by atoms with van der Waals surface area (Å²) in [6.45, 7) is 4.94. The van der Waals surface area contributed by atoms with Crippen LogP contribution in [0.25, 0.3) is 0 Å². The predicted molar refractivity (Wildman–Crippen MR) is 92.1 cm³/mol. The van der Waals surface area contributed by atoms with Crippen LogP contribution in [0.5, 0.6) is 0 Å². The first-order chi connectivity index (χ1) is 11.2. The third-order valence-electron chi connectivity index (χ3n) is 4.54. The lowest BCUT2D eigenvalue weighted by molar-refractivity contribution is 0.104. The van der Waals surface area contributed by atoms with Gasteiger partial charge in [0.15, 0.2) is 0 Å². The van der Waals surface area contributed by atoms with Gasteiger partial charge in [-0.15, -0.1) is 0 Å². The van der Waals surface area contributed by atoms with Crippen molar-refractivity contribution in [2.45, 2.75) is 51.3 Å². The van der Waals surface area contributed by atoms with Crippen LogP contribution in [0, 0.1) is 0 Å². The lowest BCUT2D eigenvalue weighted by atomic mass is 9.89. The first-order valence-electron chi connectivity index (χ1n) is 8.66. The molecule has 0 bridgehead atoms. The summed E-state index contributed by atoms with van der Waals surface area (Å²) < 4.78 is 5.36. The highest BCUT2D eigenvalue weighted by Crippen LogP contribution is 2.23. The van der Waals surface area contributed by atoms with E-state index in [-0.39, 0.29) is 12.1 Å². The van der Waals surface area contributed by atoms with Gasteiger partial charge in [0.1, 0.15) is 6.61 Å². The molecule has 2 unspecified atom stereocenters. The summed E-state index contributed by atoms with van der Waals surface area (Å²) >= 11 is 0. The van der Waals surface area contributed by atoms with Crippen molar-refractivity contribution < 1.29 is 9.53 Å². The summed E-state index contributed by atoms with van der Waals surface area (Å²) in [6, 6.07) is 10.3. The normalized spacial score (nSPS) is 21.2. The predicted octanol–water partition coefficient (Wildman–Crippen LogP) is 2.50. The molecule has 128 valence electrons. The quantitative estimate of drug-likeness (QED) is 0.810. The van der Waals surface area contributed by atoms with Crippen LogP contribution in [0.4, 0.5) is 4.79 Å². The van der Waals surface area contributed by atoms with Gasteiger partial charge in [0.2, 0.25) is 0 Å². The number of benzene rings is 1. The zero-order valence-corrected chi connectivity index (χ0v) is 14.0. The first kappa shape index (κ1) is 17.8. The number of carbonyl (C=O) groups is 1. The minimum absolute atomic E-state index is 0.151. The highest BCUT2D eigenvalue weighted by atomic mass is 16.5. The number of alkyl carbamates (subject to hydrolysis) is 1. The molecule has 0 heterocycles. The summed E-state index contributed by atoms with van der Waals surface area (Å²) in [4.78, 5) is 14.5. The minimum Gasteiger partial charge on any atom is -0.445 e. The van der Waals surface area contributed by atoms with Gasteiger partial charge in [-0.2, -0.15) is 0 Å². The van der Waals surface area contributed by atoms with Crippen LogP contribution in [-0.4, -0.2) is 42.7 Å². The van der Waals surface area contributed by atoms with Crippen LogP contribution in [0.1, 0.15) is 38.2 Å². The molecule has 1 aliphatic carbocycles. The zero-order chi connectivity index (χ0) is 16.5. The Morgan fingerprint density at radius 1 is 1.30 bits per heavy atom. The molecule has 0 saturated heterocycles. The minimum atomic E-state index is -0.324. The van der Waals surface area contributed by atoms with Crippen molar-refractivity contribution >= 4 is 6.09 Å². The van der Waals surface area contributed by atoms with Gasteiger partial charge >= 0.3 is 6.09 Å². The van der Waals surface area contributed by atoms with E-state index in [9.17, 15) is 4.79 Å². The van der Waals surface area contributed by atoms with E-state index < -0.39 is 0 Å². The summed E-state index contributed by atoms with van der Waals surface area (Å²) in [5.74, 6) is 0. The molecule has 0 aliphatic heterocycles. The molecule has 1 aromatic carbocycles. The van der Waals surface area contributed by atoms with Crippen molar-refractivity contribution in [1.29, 1.82) is 0 Å². The summed E-state index contributed by atoms with van der Waals surface area (Å²) in [6.07, 6.45) is 4.15. The topological polar surface area (TPSA) is 67.6 Å².